The molecule has 35 heavy (non-hydrogen) atoms. The van der Waals surface area contributed by atoms with Gasteiger partial charge >= 0.3 is 0 Å². The molecular weight excluding hydrogens is 450 g/mol. The van der Waals surface area contributed by atoms with E-state index in [1.807, 2.05) is 4.90 Å². The molecule has 3 fully saturated rings. The topological polar surface area (TPSA) is 136 Å². The number of fused-ring (bicyclic) bond motifs is 1. The van der Waals surface area contributed by atoms with Crippen molar-refractivity contribution in [2.45, 2.75) is 18.9 Å². The van der Waals surface area contributed by atoms with Crippen molar-refractivity contribution in [2.75, 3.05) is 77.6 Å². The summed E-state index contributed by atoms with van der Waals surface area (Å²) in [6.45, 7) is 7.45. The predicted octanol–water partition coefficient (Wildman–Crippen LogP) is 0.336. The zero-order valence-corrected chi connectivity index (χ0v) is 20.1. The summed E-state index contributed by atoms with van der Waals surface area (Å²) in [6, 6.07) is 0.499. The first-order valence-electron chi connectivity index (χ1n) is 12.3. The average molecular weight is 484 g/mol. The highest BCUT2D eigenvalue weighted by molar-refractivity contribution is 6.07. The summed E-state index contributed by atoms with van der Waals surface area (Å²) in [5, 5.41) is 10.7. The molecule has 0 radical (unpaired) electrons. The first kappa shape index (κ1) is 23.6. The van der Waals surface area contributed by atoms with Gasteiger partial charge in [-0.25, -0.2) is 15.0 Å². The van der Waals surface area contributed by atoms with Gasteiger partial charge in [0.15, 0.2) is 28.6 Å². The zero-order chi connectivity index (χ0) is 24.2. The maximum absolute atomic E-state index is 13.4. The highest BCUT2D eigenvalue weighted by atomic mass is 16.5. The number of hydrogen-bond donors (Lipinski definition) is 3. The number of hydrogen-bond acceptors (Lipinski definition) is 10. The Balaban J connectivity index is 1.40. The number of aromatic amines is 1. The molecule has 188 valence electrons. The van der Waals surface area contributed by atoms with Crippen molar-refractivity contribution in [1.82, 2.24) is 35.1 Å². The third-order valence-electron chi connectivity index (χ3n) is 6.87. The maximum Gasteiger partial charge on any atom is 0.289 e. The molecule has 1 amide bonds. The number of anilines is 1. The molecule has 0 bridgehead atoms. The molecule has 0 unspecified atom stereocenters. The van der Waals surface area contributed by atoms with Gasteiger partial charge in [-0.3, -0.25) is 9.69 Å². The number of carbonyl (C=O) groups is 1. The Kier molecular flexibility index (Phi) is 7.21. The van der Waals surface area contributed by atoms with Crippen LogP contribution in [0.2, 0.25) is 0 Å². The second kappa shape index (κ2) is 10.7. The molecule has 0 aromatic carbocycles. The number of nitrogens with zero attached hydrogens (tertiary/aromatic N) is 6. The fourth-order valence-corrected chi connectivity index (χ4v) is 4.96. The highest BCUT2D eigenvalue weighted by Crippen LogP contribution is 2.26. The van der Waals surface area contributed by atoms with Crippen molar-refractivity contribution < 1.29 is 14.3 Å². The fourth-order valence-electron chi connectivity index (χ4n) is 4.96. The van der Waals surface area contributed by atoms with Crippen LogP contribution in [0, 0.1) is 5.41 Å². The summed E-state index contributed by atoms with van der Waals surface area (Å²) < 4.78 is 11.0. The minimum Gasteiger partial charge on any atom is -0.393 e. The molecule has 0 aliphatic carbocycles. The molecule has 0 spiro atoms. The SMILES string of the molecule is CN/C=C(\C=N)c1nc(N2CCOCC2)c2nc(C(=O)N3CCC(N4CCOCC4)CC3)[nH]c2n1. The minimum absolute atomic E-state index is 0.115. The van der Waals surface area contributed by atoms with Crippen molar-refractivity contribution in [3.05, 3.63) is 17.8 Å². The number of amides is 1. The van der Waals surface area contributed by atoms with Crippen molar-refractivity contribution in [3.8, 4) is 0 Å². The molecule has 0 saturated carbocycles. The lowest BCUT2D eigenvalue weighted by atomic mass is 10.0. The van der Waals surface area contributed by atoms with Gasteiger partial charge in [0.2, 0.25) is 0 Å². The Labute approximate surface area is 204 Å². The van der Waals surface area contributed by atoms with Crippen molar-refractivity contribution in [2.24, 2.45) is 0 Å². The van der Waals surface area contributed by atoms with E-state index in [1.54, 1.807) is 13.2 Å². The Morgan fingerprint density at radius 1 is 1.03 bits per heavy atom. The molecular formula is C23H33N9O3. The van der Waals surface area contributed by atoms with Crippen LogP contribution in [0.1, 0.15) is 29.3 Å². The van der Waals surface area contributed by atoms with Gasteiger partial charge in [0.1, 0.15) is 0 Å². The van der Waals surface area contributed by atoms with Gasteiger partial charge in [-0.15, -0.1) is 0 Å². The molecule has 5 rings (SSSR count). The third kappa shape index (κ3) is 5.00. The van der Waals surface area contributed by atoms with Gasteiger partial charge in [0.25, 0.3) is 5.91 Å². The van der Waals surface area contributed by atoms with Gasteiger partial charge in [-0.1, -0.05) is 0 Å². The fraction of sp³-hybridized carbons (Fsp3) is 0.609. The van der Waals surface area contributed by atoms with Crippen LogP contribution in [0.3, 0.4) is 0 Å². The summed E-state index contributed by atoms with van der Waals surface area (Å²) in [5.74, 6) is 1.21. The number of H-pyrrole nitrogens is 1. The quantitative estimate of drug-likeness (QED) is 0.497. The lowest BCUT2D eigenvalue weighted by molar-refractivity contribution is 0.00147. The third-order valence-corrected chi connectivity index (χ3v) is 6.87. The predicted molar refractivity (Wildman–Crippen MR) is 132 cm³/mol. The standard InChI is InChI=1S/C23H33N9O3/c1-25-15-16(14-24)19-27-20-18(22(29-19)31-8-12-35-13-9-31)26-21(28-20)23(33)32-4-2-17(3-5-32)30-6-10-34-11-7-30/h14-15,17,24-25H,2-13H2,1H3,(H,26,27,28,29)/b16-15+,24-14?. The van der Waals surface area contributed by atoms with E-state index in [4.69, 9.17) is 19.9 Å². The molecule has 3 aliphatic rings. The molecule has 12 nitrogen and oxygen atoms in total. The van der Waals surface area contributed by atoms with Crippen molar-refractivity contribution in [3.63, 3.8) is 0 Å². The van der Waals surface area contributed by atoms with Gasteiger partial charge in [-0.2, -0.15) is 0 Å². The summed E-state index contributed by atoms with van der Waals surface area (Å²) in [6.07, 6.45) is 4.79. The number of morpholine rings is 2. The second-order valence-electron chi connectivity index (χ2n) is 8.96. The van der Waals surface area contributed by atoms with E-state index in [2.05, 4.69) is 30.1 Å². The second-order valence-corrected chi connectivity index (χ2v) is 8.96. The van der Waals surface area contributed by atoms with Crippen LogP contribution < -0.4 is 10.2 Å². The first-order valence-corrected chi connectivity index (χ1v) is 12.3. The summed E-state index contributed by atoms with van der Waals surface area (Å²) in [4.78, 5) is 37.0. The van der Waals surface area contributed by atoms with E-state index in [0.29, 0.717) is 73.8 Å². The number of ether oxygens (including phenoxy) is 2. The van der Waals surface area contributed by atoms with Crippen molar-refractivity contribution in [1.29, 1.82) is 5.41 Å². The Morgan fingerprint density at radius 3 is 2.37 bits per heavy atom. The number of nitrogens with one attached hydrogen (secondary N) is 3. The average Bonchev–Trinajstić information content (AvgIpc) is 3.36. The largest absolute Gasteiger partial charge is 0.393 e. The number of imidazole rings is 1. The number of piperidine rings is 1. The normalized spacial score (nSPS) is 20.9. The van der Waals surface area contributed by atoms with Crippen LogP contribution in [0.5, 0.6) is 0 Å². The molecule has 2 aromatic rings. The van der Waals surface area contributed by atoms with Gasteiger partial charge in [-0.05, 0) is 12.8 Å². The van der Waals surface area contributed by atoms with E-state index >= 15 is 0 Å². The number of allylic oxidation sites excluding steroid dienone is 1. The molecule has 5 heterocycles. The number of aromatic nitrogens is 4. The smallest absolute Gasteiger partial charge is 0.289 e. The Morgan fingerprint density at radius 2 is 1.71 bits per heavy atom. The van der Waals surface area contributed by atoms with E-state index in [-0.39, 0.29) is 11.7 Å². The van der Waals surface area contributed by atoms with Crippen LogP contribution in [0.4, 0.5) is 5.82 Å². The van der Waals surface area contributed by atoms with Crippen molar-refractivity contribution >= 4 is 34.7 Å². The molecule has 0 atom stereocenters. The number of likely N-dealkylation sites (tertiary alicyclic amines) is 1. The van der Waals surface area contributed by atoms with Crippen LogP contribution in [0.25, 0.3) is 16.7 Å². The van der Waals surface area contributed by atoms with E-state index < -0.39 is 0 Å². The Bertz CT molecular complexity index is 1080. The highest BCUT2D eigenvalue weighted by Gasteiger charge is 2.30. The maximum atomic E-state index is 13.4. The van der Waals surface area contributed by atoms with Crippen LogP contribution >= 0.6 is 0 Å². The lowest BCUT2D eigenvalue weighted by Gasteiger charge is -2.39. The molecule has 2 aromatic heterocycles. The summed E-state index contributed by atoms with van der Waals surface area (Å²) in [5.41, 5.74) is 1.60. The van der Waals surface area contributed by atoms with E-state index in [9.17, 15) is 4.79 Å². The first-order chi connectivity index (χ1) is 17.2. The number of carbonyl (C=O) groups excluding carboxylic acids is 1. The monoisotopic (exact) mass is 483 g/mol. The lowest BCUT2D eigenvalue weighted by Crippen LogP contribution is -2.50. The van der Waals surface area contributed by atoms with Gasteiger partial charge in [0, 0.05) is 64.8 Å². The molecule has 3 saturated heterocycles. The molecule has 12 heteroatoms. The number of rotatable bonds is 6. The molecule has 3 aliphatic heterocycles. The van der Waals surface area contributed by atoms with Crippen LogP contribution in [-0.2, 0) is 9.47 Å². The Hall–Kier alpha value is -3.09. The molecule has 3 N–H and O–H groups in total. The van der Waals surface area contributed by atoms with Crippen LogP contribution in [-0.4, -0.2) is 121 Å². The summed E-state index contributed by atoms with van der Waals surface area (Å²) in [7, 11) is 1.76. The zero-order valence-electron chi connectivity index (χ0n) is 20.1. The minimum atomic E-state index is -0.115. The van der Waals surface area contributed by atoms with E-state index in [1.165, 1.54) is 6.21 Å². The van der Waals surface area contributed by atoms with Crippen LogP contribution in [0.15, 0.2) is 6.20 Å². The van der Waals surface area contributed by atoms with E-state index in [0.717, 1.165) is 39.1 Å². The summed E-state index contributed by atoms with van der Waals surface area (Å²) >= 11 is 0. The van der Waals surface area contributed by atoms with Gasteiger partial charge < -0.3 is 35.0 Å². The van der Waals surface area contributed by atoms with Gasteiger partial charge in [0.05, 0.1) is 32.0 Å².